The van der Waals surface area contributed by atoms with Crippen molar-refractivity contribution in [2.24, 2.45) is 5.92 Å². The minimum atomic E-state index is -0.520. The van der Waals surface area contributed by atoms with Gasteiger partial charge in [0.2, 0.25) is 11.8 Å². The third-order valence-electron chi connectivity index (χ3n) is 4.98. The van der Waals surface area contributed by atoms with Crippen LogP contribution in [0.2, 0.25) is 0 Å². The molecule has 7 heteroatoms. The number of piperidine rings is 1. The summed E-state index contributed by atoms with van der Waals surface area (Å²) in [6.45, 7) is 3.74. The smallest absolute Gasteiger partial charge is 0.392 e. The van der Waals surface area contributed by atoms with E-state index >= 15 is 0 Å². The Morgan fingerprint density at radius 1 is 1.35 bits per heavy atom. The van der Waals surface area contributed by atoms with Crippen molar-refractivity contribution in [2.75, 3.05) is 19.7 Å². The molecule has 1 aliphatic heterocycles. The van der Waals surface area contributed by atoms with Crippen LogP contribution >= 0.6 is 0 Å². The Bertz CT molecular complexity index is 574. The summed E-state index contributed by atoms with van der Waals surface area (Å²) in [6, 6.07) is 0. The number of amides is 1. The van der Waals surface area contributed by atoms with Crippen LogP contribution in [0.3, 0.4) is 0 Å². The molecule has 0 aromatic carbocycles. The summed E-state index contributed by atoms with van der Waals surface area (Å²) >= 11 is 0. The van der Waals surface area contributed by atoms with Crippen LogP contribution in [0.5, 0.6) is 0 Å². The fourth-order valence-corrected chi connectivity index (χ4v) is 3.60. The summed E-state index contributed by atoms with van der Waals surface area (Å²) in [6.07, 6.45) is 6.36. The Labute approximate surface area is 135 Å². The first kappa shape index (κ1) is 16.2. The van der Waals surface area contributed by atoms with Crippen molar-refractivity contribution in [1.29, 1.82) is 0 Å². The number of ether oxygens (including phenoxy) is 1. The van der Waals surface area contributed by atoms with E-state index in [2.05, 4.69) is 17.1 Å². The zero-order chi connectivity index (χ0) is 16.2. The van der Waals surface area contributed by atoms with Crippen LogP contribution in [0.4, 0.5) is 0 Å². The third kappa shape index (κ3) is 4.22. The van der Waals surface area contributed by atoms with Crippen LogP contribution in [0.1, 0.15) is 57.3 Å². The van der Waals surface area contributed by atoms with E-state index in [-0.39, 0.29) is 24.5 Å². The van der Waals surface area contributed by atoms with Gasteiger partial charge in [0.05, 0.1) is 6.10 Å². The minimum Gasteiger partial charge on any atom is -0.392 e. The second-order valence-corrected chi connectivity index (χ2v) is 6.81. The molecule has 0 spiro atoms. The fourth-order valence-electron chi connectivity index (χ4n) is 3.60. The summed E-state index contributed by atoms with van der Waals surface area (Å²) in [7, 11) is 0. The molecule has 0 bridgehead atoms. The number of H-pyrrole nitrogens is 1. The van der Waals surface area contributed by atoms with E-state index in [0.717, 1.165) is 25.7 Å². The van der Waals surface area contributed by atoms with Gasteiger partial charge in [-0.2, -0.15) is 0 Å². The molecule has 2 heterocycles. The summed E-state index contributed by atoms with van der Waals surface area (Å²) in [5, 5.41) is 6.17. The van der Waals surface area contributed by atoms with Gasteiger partial charge in [-0.15, -0.1) is 5.10 Å². The predicted molar refractivity (Wildman–Crippen MR) is 83.1 cm³/mol. The first-order valence-corrected chi connectivity index (χ1v) is 8.56. The number of nitrogens with one attached hydrogen (secondary N) is 1. The lowest BCUT2D eigenvalue weighted by Gasteiger charge is -2.32. The molecule has 2 fully saturated rings. The molecular weight excluding hydrogens is 298 g/mol. The zero-order valence-corrected chi connectivity index (χ0v) is 13.6. The topological polar surface area (TPSA) is 88.4 Å². The average molecular weight is 323 g/mol. The molecule has 1 saturated carbocycles. The van der Waals surface area contributed by atoms with E-state index in [1.807, 2.05) is 4.90 Å². The molecule has 1 aromatic heterocycles. The number of aromatic amines is 1. The van der Waals surface area contributed by atoms with Crippen LogP contribution in [-0.2, 0) is 9.53 Å². The second-order valence-electron chi connectivity index (χ2n) is 6.81. The van der Waals surface area contributed by atoms with Gasteiger partial charge >= 0.3 is 5.76 Å². The summed E-state index contributed by atoms with van der Waals surface area (Å²) in [5.74, 6) is 0.800. The predicted octanol–water partition coefficient (Wildman–Crippen LogP) is 1.66. The third-order valence-corrected chi connectivity index (χ3v) is 4.98. The maximum atomic E-state index is 12.3. The van der Waals surface area contributed by atoms with E-state index in [9.17, 15) is 9.59 Å². The van der Waals surface area contributed by atoms with E-state index in [1.54, 1.807) is 0 Å². The van der Waals surface area contributed by atoms with Gasteiger partial charge in [0.1, 0.15) is 6.61 Å². The van der Waals surface area contributed by atoms with Gasteiger partial charge in [0.15, 0.2) is 0 Å². The largest absolute Gasteiger partial charge is 0.434 e. The van der Waals surface area contributed by atoms with Crippen molar-refractivity contribution in [2.45, 2.75) is 57.5 Å². The van der Waals surface area contributed by atoms with E-state index < -0.39 is 5.76 Å². The number of hydrogen-bond acceptors (Lipinski definition) is 5. The molecule has 1 saturated heterocycles. The molecule has 2 atom stereocenters. The summed E-state index contributed by atoms with van der Waals surface area (Å²) < 4.78 is 10.8. The molecule has 2 aliphatic rings. The van der Waals surface area contributed by atoms with Gasteiger partial charge in [-0.25, -0.2) is 9.89 Å². The first-order valence-electron chi connectivity index (χ1n) is 8.56. The molecule has 0 radical (unpaired) electrons. The highest BCUT2D eigenvalue weighted by atomic mass is 16.5. The van der Waals surface area contributed by atoms with Gasteiger partial charge < -0.3 is 14.1 Å². The Morgan fingerprint density at radius 3 is 2.78 bits per heavy atom. The number of carbonyl (C=O) groups is 1. The monoisotopic (exact) mass is 323 g/mol. The van der Waals surface area contributed by atoms with Crippen molar-refractivity contribution in [3.63, 3.8) is 0 Å². The highest BCUT2D eigenvalue weighted by molar-refractivity contribution is 5.77. The van der Waals surface area contributed by atoms with Crippen molar-refractivity contribution >= 4 is 5.91 Å². The number of carbonyl (C=O) groups excluding carboxylic acids is 1. The molecule has 2 unspecified atom stereocenters. The van der Waals surface area contributed by atoms with Crippen molar-refractivity contribution in [3.8, 4) is 0 Å². The normalized spacial score (nSPS) is 26.4. The van der Waals surface area contributed by atoms with E-state index in [4.69, 9.17) is 9.15 Å². The quantitative estimate of drug-likeness (QED) is 0.910. The molecule has 23 heavy (non-hydrogen) atoms. The highest BCUT2D eigenvalue weighted by Crippen LogP contribution is 2.27. The molecule has 1 N–H and O–H groups in total. The fraction of sp³-hybridized carbons (Fsp3) is 0.812. The van der Waals surface area contributed by atoms with Gasteiger partial charge in [-0.05, 0) is 31.6 Å². The van der Waals surface area contributed by atoms with Crippen LogP contribution in [0.25, 0.3) is 0 Å². The van der Waals surface area contributed by atoms with Crippen molar-refractivity contribution in [1.82, 2.24) is 15.1 Å². The Balaban J connectivity index is 1.42. The average Bonchev–Trinajstić information content (AvgIpc) is 2.99. The lowest BCUT2D eigenvalue weighted by Crippen LogP contribution is -2.40. The van der Waals surface area contributed by atoms with E-state index in [0.29, 0.717) is 24.9 Å². The lowest BCUT2D eigenvalue weighted by atomic mass is 9.89. The van der Waals surface area contributed by atoms with Gasteiger partial charge in [0.25, 0.3) is 0 Å². The van der Waals surface area contributed by atoms with Gasteiger partial charge in [-0.3, -0.25) is 4.79 Å². The van der Waals surface area contributed by atoms with Gasteiger partial charge in [0, 0.05) is 19.0 Å². The maximum absolute atomic E-state index is 12.3. The SMILES string of the molecule is CC1CCCC(OCC(=O)N2CCC(c3n[nH]c(=O)o3)CC2)C1. The zero-order valence-electron chi connectivity index (χ0n) is 13.6. The molecule has 1 aromatic rings. The number of hydrogen-bond donors (Lipinski definition) is 1. The second kappa shape index (κ2) is 7.29. The summed E-state index contributed by atoms with van der Waals surface area (Å²) in [5.41, 5.74) is 0. The Morgan fingerprint density at radius 2 is 2.13 bits per heavy atom. The molecular formula is C16H25N3O4. The Hall–Kier alpha value is -1.63. The first-order chi connectivity index (χ1) is 11.1. The Kier molecular flexibility index (Phi) is 5.15. The maximum Gasteiger partial charge on any atom is 0.434 e. The van der Waals surface area contributed by atoms with Crippen molar-refractivity contribution in [3.05, 3.63) is 16.4 Å². The molecule has 1 amide bonds. The molecule has 3 rings (SSSR count). The standard InChI is InChI=1S/C16H25N3O4/c1-11-3-2-4-13(9-11)22-10-14(20)19-7-5-12(6-8-19)15-17-18-16(21)23-15/h11-13H,2-10H2,1H3,(H,18,21). The minimum absolute atomic E-state index is 0.0603. The van der Waals surface area contributed by atoms with Crippen LogP contribution < -0.4 is 5.76 Å². The van der Waals surface area contributed by atoms with Crippen LogP contribution in [0, 0.1) is 5.92 Å². The summed E-state index contributed by atoms with van der Waals surface area (Å²) in [4.78, 5) is 25.1. The lowest BCUT2D eigenvalue weighted by molar-refractivity contribution is -0.140. The molecule has 1 aliphatic carbocycles. The van der Waals surface area contributed by atoms with Gasteiger partial charge in [-0.1, -0.05) is 19.8 Å². The van der Waals surface area contributed by atoms with Crippen LogP contribution in [0.15, 0.2) is 9.21 Å². The number of aromatic nitrogens is 2. The molecule has 7 nitrogen and oxygen atoms in total. The number of nitrogens with zero attached hydrogens (tertiary/aromatic N) is 2. The number of rotatable bonds is 4. The number of likely N-dealkylation sites (tertiary alicyclic amines) is 1. The molecule has 128 valence electrons. The van der Waals surface area contributed by atoms with E-state index in [1.165, 1.54) is 12.8 Å². The highest BCUT2D eigenvalue weighted by Gasteiger charge is 2.28. The van der Waals surface area contributed by atoms with Crippen molar-refractivity contribution < 1.29 is 13.9 Å². The van der Waals surface area contributed by atoms with Crippen LogP contribution in [-0.4, -0.2) is 46.8 Å².